The number of carbonyl (C=O) groups is 2. The van der Waals surface area contributed by atoms with Gasteiger partial charge in [-0.15, -0.1) is 0 Å². The summed E-state index contributed by atoms with van der Waals surface area (Å²) >= 11 is 5.92. The molecule has 0 saturated heterocycles. The summed E-state index contributed by atoms with van der Waals surface area (Å²) in [6.45, 7) is 3.90. The molecule has 0 atom stereocenters. The Morgan fingerprint density at radius 2 is 1.89 bits per heavy atom. The van der Waals surface area contributed by atoms with Gasteiger partial charge in [0, 0.05) is 0 Å². The van der Waals surface area contributed by atoms with Gasteiger partial charge in [-0.3, -0.25) is 9.59 Å². The van der Waals surface area contributed by atoms with E-state index in [-0.39, 0.29) is 12.8 Å². The highest BCUT2D eigenvalue weighted by molar-refractivity contribution is 6.32. The van der Waals surface area contributed by atoms with E-state index < -0.39 is 11.9 Å². The van der Waals surface area contributed by atoms with Crippen molar-refractivity contribution in [2.45, 2.75) is 26.7 Å². The Kier molecular flexibility index (Phi) is 5.65. The van der Waals surface area contributed by atoms with Crippen LogP contribution in [0.15, 0.2) is 18.2 Å². The summed E-state index contributed by atoms with van der Waals surface area (Å²) in [5, 5.41) is 0.375. The first-order valence-corrected chi connectivity index (χ1v) is 6.03. The van der Waals surface area contributed by atoms with Crippen molar-refractivity contribution in [1.82, 2.24) is 0 Å². The molecule has 0 saturated carbocycles. The zero-order valence-corrected chi connectivity index (χ0v) is 11.1. The van der Waals surface area contributed by atoms with Gasteiger partial charge in [0.1, 0.15) is 5.75 Å². The van der Waals surface area contributed by atoms with E-state index in [9.17, 15) is 9.59 Å². The first kappa shape index (κ1) is 14.5. The molecule has 0 unspecified atom stereocenters. The second-order valence-electron chi connectivity index (χ2n) is 3.71. The van der Waals surface area contributed by atoms with Crippen molar-refractivity contribution in [2.75, 3.05) is 6.61 Å². The summed E-state index contributed by atoms with van der Waals surface area (Å²) < 4.78 is 9.76. The van der Waals surface area contributed by atoms with Crippen LogP contribution < -0.4 is 4.74 Å². The van der Waals surface area contributed by atoms with E-state index in [0.29, 0.717) is 17.4 Å². The van der Waals surface area contributed by atoms with Crippen molar-refractivity contribution >= 4 is 23.5 Å². The Hall–Kier alpha value is -1.55. The Morgan fingerprint density at radius 3 is 2.50 bits per heavy atom. The predicted molar refractivity (Wildman–Crippen MR) is 67.7 cm³/mol. The monoisotopic (exact) mass is 270 g/mol. The highest BCUT2D eigenvalue weighted by atomic mass is 35.5. The highest BCUT2D eigenvalue weighted by Gasteiger charge is 2.11. The summed E-state index contributed by atoms with van der Waals surface area (Å²) in [5.74, 6) is -0.616. The fraction of sp³-hybridized carbons (Fsp3) is 0.385. The molecule has 1 rings (SSSR count). The topological polar surface area (TPSA) is 52.6 Å². The zero-order valence-electron chi connectivity index (χ0n) is 10.4. The molecule has 18 heavy (non-hydrogen) atoms. The number of hydrogen-bond acceptors (Lipinski definition) is 4. The summed E-state index contributed by atoms with van der Waals surface area (Å²) in [7, 11) is 0. The Balaban J connectivity index is 2.47. The van der Waals surface area contributed by atoms with E-state index in [1.807, 2.05) is 6.92 Å². The van der Waals surface area contributed by atoms with Crippen LogP contribution in [-0.4, -0.2) is 18.5 Å². The fourth-order valence-electron chi connectivity index (χ4n) is 1.30. The predicted octanol–water partition coefficient (Wildman–Crippen LogP) is 2.90. The van der Waals surface area contributed by atoms with Crippen LogP contribution in [0.2, 0.25) is 5.02 Å². The van der Waals surface area contributed by atoms with Gasteiger partial charge in [0.15, 0.2) is 0 Å². The molecule has 0 bridgehead atoms. The Bertz CT molecular complexity index is 443. The molecule has 0 spiro atoms. The lowest BCUT2D eigenvalue weighted by molar-refractivity contribution is -0.146. The van der Waals surface area contributed by atoms with Crippen LogP contribution in [-0.2, 0) is 14.3 Å². The third-order valence-electron chi connectivity index (χ3n) is 2.15. The van der Waals surface area contributed by atoms with E-state index in [2.05, 4.69) is 0 Å². The fourth-order valence-corrected chi connectivity index (χ4v) is 1.57. The molecular weight excluding hydrogens is 256 g/mol. The molecule has 98 valence electrons. The maximum absolute atomic E-state index is 11.5. The van der Waals surface area contributed by atoms with Crippen LogP contribution in [0.1, 0.15) is 25.3 Å². The summed E-state index contributed by atoms with van der Waals surface area (Å²) in [5.41, 5.74) is 0.978. The number of benzene rings is 1. The summed E-state index contributed by atoms with van der Waals surface area (Å²) in [6, 6.07) is 5.12. The normalized spacial score (nSPS) is 9.94. The number of hydrogen-bond donors (Lipinski definition) is 0. The van der Waals surface area contributed by atoms with Gasteiger partial charge in [0.05, 0.1) is 24.5 Å². The smallest absolute Gasteiger partial charge is 0.311 e. The molecule has 5 heteroatoms. The molecule has 0 fully saturated rings. The molecule has 0 amide bonds. The van der Waals surface area contributed by atoms with Crippen molar-refractivity contribution < 1.29 is 19.1 Å². The molecular formula is C13H15ClO4. The van der Waals surface area contributed by atoms with Crippen molar-refractivity contribution in [3.8, 4) is 5.75 Å². The van der Waals surface area contributed by atoms with Gasteiger partial charge < -0.3 is 9.47 Å². The summed E-state index contributed by atoms with van der Waals surface area (Å²) in [6.07, 6.45) is -0.0147. The van der Waals surface area contributed by atoms with Crippen LogP contribution >= 0.6 is 11.6 Å². The number of aryl methyl sites for hydroxylation is 1. The first-order valence-electron chi connectivity index (χ1n) is 5.65. The van der Waals surface area contributed by atoms with Crippen molar-refractivity contribution in [3.63, 3.8) is 0 Å². The second-order valence-corrected chi connectivity index (χ2v) is 4.12. The van der Waals surface area contributed by atoms with Crippen LogP contribution in [0, 0.1) is 6.92 Å². The number of halogens is 1. The average Bonchev–Trinajstić information content (AvgIpc) is 2.31. The molecule has 0 radical (unpaired) electrons. The van der Waals surface area contributed by atoms with E-state index in [4.69, 9.17) is 21.1 Å². The van der Waals surface area contributed by atoms with Crippen molar-refractivity contribution in [3.05, 3.63) is 28.8 Å². The lowest BCUT2D eigenvalue weighted by atomic mass is 10.2. The summed E-state index contributed by atoms with van der Waals surface area (Å²) in [4.78, 5) is 22.5. The number of rotatable bonds is 5. The van der Waals surface area contributed by atoms with E-state index in [0.717, 1.165) is 5.56 Å². The quantitative estimate of drug-likeness (QED) is 0.610. The van der Waals surface area contributed by atoms with E-state index in [1.165, 1.54) is 0 Å². The SMILES string of the molecule is CCOC(=O)CCC(=O)Oc1ccc(C)cc1Cl. The molecule has 0 aromatic heterocycles. The van der Waals surface area contributed by atoms with Crippen LogP contribution in [0.3, 0.4) is 0 Å². The number of carbonyl (C=O) groups excluding carboxylic acids is 2. The first-order chi connectivity index (χ1) is 8.52. The van der Waals surface area contributed by atoms with Gasteiger partial charge in [-0.25, -0.2) is 0 Å². The maximum Gasteiger partial charge on any atom is 0.311 e. The molecule has 4 nitrogen and oxygen atoms in total. The lowest BCUT2D eigenvalue weighted by Gasteiger charge is -2.06. The average molecular weight is 271 g/mol. The molecule has 0 aliphatic carbocycles. The highest BCUT2D eigenvalue weighted by Crippen LogP contribution is 2.25. The number of esters is 2. The van der Waals surface area contributed by atoms with Gasteiger partial charge in [0.25, 0.3) is 0 Å². The Labute approximate surface area is 111 Å². The molecule has 0 heterocycles. The maximum atomic E-state index is 11.5. The standard InChI is InChI=1S/C13H15ClO4/c1-3-17-12(15)6-7-13(16)18-11-5-4-9(2)8-10(11)14/h4-5,8H,3,6-7H2,1-2H3. The Morgan fingerprint density at radius 1 is 1.22 bits per heavy atom. The number of ether oxygens (including phenoxy) is 2. The molecule has 1 aromatic carbocycles. The van der Waals surface area contributed by atoms with Crippen molar-refractivity contribution in [2.24, 2.45) is 0 Å². The van der Waals surface area contributed by atoms with Gasteiger partial charge in [0.2, 0.25) is 0 Å². The molecule has 0 aliphatic rings. The van der Waals surface area contributed by atoms with Gasteiger partial charge >= 0.3 is 11.9 Å². The second kappa shape index (κ2) is 7.01. The minimum absolute atomic E-state index is 0.0101. The third-order valence-corrected chi connectivity index (χ3v) is 2.45. The molecule has 1 aromatic rings. The minimum atomic E-state index is -0.506. The largest absolute Gasteiger partial charge is 0.466 e. The zero-order chi connectivity index (χ0) is 13.5. The van der Waals surface area contributed by atoms with Crippen LogP contribution in [0.5, 0.6) is 5.75 Å². The van der Waals surface area contributed by atoms with Crippen molar-refractivity contribution in [1.29, 1.82) is 0 Å². The van der Waals surface area contributed by atoms with Crippen LogP contribution in [0.25, 0.3) is 0 Å². The van der Waals surface area contributed by atoms with E-state index in [1.54, 1.807) is 25.1 Å². The lowest BCUT2D eigenvalue weighted by Crippen LogP contribution is -2.12. The van der Waals surface area contributed by atoms with Gasteiger partial charge in [-0.2, -0.15) is 0 Å². The van der Waals surface area contributed by atoms with Crippen LogP contribution in [0.4, 0.5) is 0 Å². The third kappa shape index (κ3) is 4.75. The van der Waals surface area contributed by atoms with Gasteiger partial charge in [-0.1, -0.05) is 17.7 Å². The minimum Gasteiger partial charge on any atom is -0.466 e. The van der Waals surface area contributed by atoms with Gasteiger partial charge in [-0.05, 0) is 31.5 Å². The molecule has 0 aliphatic heterocycles. The molecule has 0 N–H and O–H groups in total. The van der Waals surface area contributed by atoms with E-state index >= 15 is 0 Å².